The van der Waals surface area contributed by atoms with Gasteiger partial charge in [0.2, 0.25) is 0 Å². The number of rotatable bonds is 2. The molecule has 0 spiro atoms. The van der Waals surface area contributed by atoms with Crippen molar-refractivity contribution in [2.24, 2.45) is 0 Å². The van der Waals surface area contributed by atoms with Crippen molar-refractivity contribution in [3.8, 4) is 0 Å². The van der Waals surface area contributed by atoms with Gasteiger partial charge in [-0.25, -0.2) is 9.59 Å². The Labute approximate surface area is 168 Å². The van der Waals surface area contributed by atoms with Crippen LogP contribution in [-0.4, -0.2) is 47.5 Å². The molecule has 0 radical (unpaired) electrons. The third-order valence-electron chi connectivity index (χ3n) is 4.33. The Morgan fingerprint density at radius 3 is 2.00 bits per heavy atom. The summed E-state index contributed by atoms with van der Waals surface area (Å²) in [6.45, 7) is 3.24. The van der Waals surface area contributed by atoms with Crippen LogP contribution in [0.4, 0.5) is 21.0 Å². The normalized spacial score (nSPS) is 16.8. The highest BCUT2D eigenvalue weighted by Gasteiger charge is 2.30. The van der Waals surface area contributed by atoms with Gasteiger partial charge in [-0.05, 0) is 43.3 Å². The molecule has 8 heteroatoms. The predicted octanol–water partition coefficient (Wildman–Crippen LogP) is 4.76. The number of anilines is 2. The first-order chi connectivity index (χ1) is 12.9. The number of benzene rings is 2. The van der Waals surface area contributed by atoms with E-state index in [1.165, 1.54) is 0 Å². The first-order valence-electron chi connectivity index (χ1n) is 8.57. The summed E-state index contributed by atoms with van der Waals surface area (Å²) < 4.78 is 0. The summed E-state index contributed by atoms with van der Waals surface area (Å²) >= 11 is 11.9. The first kappa shape index (κ1) is 19.3. The Hall–Kier alpha value is -2.44. The molecule has 1 aliphatic rings. The van der Waals surface area contributed by atoms with Gasteiger partial charge >= 0.3 is 12.1 Å². The van der Waals surface area contributed by atoms with E-state index in [2.05, 4.69) is 10.6 Å². The molecule has 27 heavy (non-hydrogen) atoms. The molecule has 6 nitrogen and oxygen atoms in total. The molecule has 1 saturated heterocycles. The minimum absolute atomic E-state index is 0.122. The van der Waals surface area contributed by atoms with Crippen molar-refractivity contribution in [2.75, 3.05) is 30.3 Å². The molecular weight excluding hydrogens is 387 g/mol. The van der Waals surface area contributed by atoms with Gasteiger partial charge in [-0.15, -0.1) is 0 Å². The van der Waals surface area contributed by atoms with Gasteiger partial charge in [-0.2, -0.15) is 0 Å². The number of amides is 4. The van der Waals surface area contributed by atoms with Crippen LogP contribution in [0.15, 0.2) is 48.5 Å². The maximum absolute atomic E-state index is 12.5. The van der Waals surface area contributed by atoms with Gasteiger partial charge in [-0.3, -0.25) is 0 Å². The van der Waals surface area contributed by atoms with Crippen LogP contribution < -0.4 is 10.6 Å². The minimum atomic E-state index is -0.209. The Morgan fingerprint density at radius 2 is 1.48 bits per heavy atom. The summed E-state index contributed by atoms with van der Waals surface area (Å²) in [4.78, 5) is 28.4. The molecule has 2 N–H and O–H groups in total. The van der Waals surface area contributed by atoms with E-state index in [1.54, 1.807) is 58.3 Å². The van der Waals surface area contributed by atoms with Crippen molar-refractivity contribution in [1.82, 2.24) is 9.80 Å². The van der Waals surface area contributed by atoms with Crippen LogP contribution in [0.5, 0.6) is 0 Å². The minimum Gasteiger partial charge on any atom is -0.321 e. The second-order valence-electron chi connectivity index (χ2n) is 6.37. The largest absolute Gasteiger partial charge is 0.322 e. The first-order valence-corrected chi connectivity index (χ1v) is 9.32. The third-order valence-corrected chi connectivity index (χ3v) is 4.80. The molecule has 1 atom stereocenters. The average Bonchev–Trinajstić information content (AvgIpc) is 2.61. The lowest BCUT2D eigenvalue weighted by Crippen LogP contribution is -2.57. The van der Waals surface area contributed by atoms with Gasteiger partial charge in [0.1, 0.15) is 0 Å². The van der Waals surface area contributed by atoms with Gasteiger partial charge in [0.05, 0.1) is 0 Å². The van der Waals surface area contributed by atoms with E-state index in [1.807, 2.05) is 6.92 Å². The predicted molar refractivity (Wildman–Crippen MR) is 109 cm³/mol. The Balaban J connectivity index is 1.56. The van der Waals surface area contributed by atoms with Crippen LogP contribution in [-0.2, 0) is 0 Å². The molecule has 2 aromatic rings. The van der Waals surface area contributed by atoms with Gasteiger partial charge in [0.25, 0.3) is 0 Å². The van der Waals surface area contributed by atoms with Crippen molar-refractivity contribution in [2.45, 2.75) is 13.0 Å². The van der Waals surface area contributed by atoms with Gasteiger partial charge in [-0.1, -0.05) is 35.3 Å². The van der Waals surface area contributed by atoms with E-state index in [0.29, 0.717) is 41.1 Å². The summed E-state index contributed by atoms with van der Waals surface area (Å²) in [6, 6.07) is 13.5. The fraction of sp³-hybridized carbons (Fsp3) is 0.263. The molecule has 4 amide bonds. The van der Waals surface area contributed by atoms with Gasteiger partial charge in [0.15, 0.2) is 0 Å². The summed E-state index contributed by atoms with van der Waals surface area (Å²) in [7, 11) is 0. The molecule has 2 aromatic carbocycles. The number of carbonyl (C=O) groups is 2. The van der Waals surface area contributed by atoms with Crippen molar-refractivity contribution >= 4 is 46.6 Å². The topological polar surface area (TPSA) is 64.7 Å². The van der Waals surface area contributed by atoms with Crippen LogP contribution in [0.1, 0.15) is 6.92 Å². The average molecular weight is 407 g/mol. The highest BCUT2D eigenvalue weighted by molar-refractivity contribution is 6.31. The molecule has 1 heterocycles. The maximum Gasteiger partial charge on any atom is 0.322 e. The van der Waals surface area contributed by atoms with Crippen molar-refractivity contribution in [1.29, 1.82) is 0 Å². The monoisotopic (exact) mass is 406 g/mol. The summed E-state index contributed by atoms with van der Waals surface area (Å²) in [5.74, 6) is 0. The van der Waals surface area contributed by atoms with Crippen LogP contribution in [0, 0.1) is 0 Å². The number of carbonyl (C=O) groups excluding carboxylic acids is 2. The van der Waals surface area contributed by atoms with Crippen LogP contribution in [0.25, 0.3) is 0 Å². The molecule has 0 unspecified atom stereocenters. The number of halogens is 2. The third kappa shape index (κ3) is 5.05. The lowest BCUT2D eigenvalue weighted by atomic mass is 10.2. The molecule has 3 rings (SSSR count). The summed E-state index contributed by atoms with van der Waals surface area (Å²) in [6.07, 6.45) is 0. The molecular formula is C19H20Cl2N4O2. The number of piperazine rings is 1. The summed E-state index contributed by atoms with van der Waals surface area (Å²) in [5.41, 5.74) is 1.28. The molecule has 0 aromatic heterocycles. The molecule has 1 aliphatic heterocycles. The molecule has 0 bridgehead atoms. The van der Waals surface area contributed by atoms with E-state index in [9.17, 15) is 9.59 Å². The fourth-order valence-electron chi connectivity index (χ4n) is 2.97. The number of hydrogen-bond acceptors (Lipinski definition) is 2. The zero-order valence-electron chi connectivity index (χ0n) is 14.8. The van der Waals surface area contributed by atoms with E-state index in [-0.39, 0.29) is 18.1 Å². The maximum atomic E-state index is 12.5. The fourth-order valence-corrected chi connectivity index (χ4v) is 3.35. The van der Waals surface area contributed by atoms with Gasteiger partial charge in [0, 0.05) is 47.1 Å². The Kier molecular flexibility index (Phi) is 6.08. The summed E-state index contributed by atoms with van der Waals surface area (Å²) in [5, 5.41) is 6.79. The highest BCUT2D eigenvalue weighted by atomic mass is 35.5. The lowest BCUT2D eigenvalue weighted by Gasteiger charge is -2.39. The number of nitrogens with zero attached hydrogens (tertiary/aromatic N) is 2. The Morgan fingerprint density at radius 1 is 0.926 bits per heavy atom. The van der Waals surface area contributed by atoms with Crippen LogP contribution in [0.2, 0.25) is 10.0 Å². The van der Waals surface area contributed by atoms with E-state index < -0.39 is 0 Å². The van der Waals surface area contributed by atoms with Gasteiger partial charge < -0.3 is 20.4 Å². The zero-order valence-corrected chi connectivity index (χ0v) is 16.3. The van der Waals surface area contributed by atoms with E-state index >= 15 is 0 Å². The van der Waals surface area contributed by atoms with Crippen molar-refractivity contribution in [3.63, 3.8) is 0 Å². The lowest BCUT2D eigenvalue weighted by molar-refractivity contribution is 0.124. The molecule has 0 aliphatic carbocycles. The zero-order chi connectivity index (χ0) is 19.4. The van der Waals surface area contributed by atoms with E-state index in [0.717, 1.165) is 0 Å². The van der Waals surface area contributed by atoms with Crippen LogP contribution >= 0.6 is 23.2 Å². The molecule has 1 fully saturated rings. The second kappa shape index (κ2) is 8.50. The van der Waals surface area contributed by atoms with Crippen LogP contribution in [0.3, 0.4) is 0 Å². The molecule has 142 valence electrons. The number of nitrogens with one attached hydrogen (secondary N) is 2. The number of hydrogen-bond donors (Lipinski definition) is 2. The number of urea groups is 2. The van der Waals surface area contributed by atoms with Crippen molar-refractivity contribution < 1.29 is 9.59 Å². The Bertz CT molecular complexity index is 846. The SMILES string of the molecule is C[C@H]1CN(C(=O)Nc2cccc(Cl)c2)CCN1C(=O)Nc1cccc(Cl)c1. The standard InChI is InChI=1S/C19H20Cl2N4O2/c1-13-12-24(18(26)22-16-6-2-4-14(20)10-16)8-9-25(13)19(27)23-17-7-3-5-15(21)11-17/h2-7,10-11,13H,8-9,12H2,1H3,(H,22,26)(H,23,27)/t13-/m0/s1. The smallest absolute Gasteiger partial charge is 0.321 e. The quantitative estimate of drug-likeness (QED) is 0.754. The highest BCUT2D eigenvalue weighted by Crippen LogP contribution is 2.19. The molecule has 0 saturated carbocycles. The van der Waals surface area contributed by atoms with Crippen molar-refractivity contribution in [3.05, 3.63) is 58.6 Å². The van der Waals surface area contributed by atoms with E-state index in [4.69, 9.17) is 23.2 Å². The second-order valence-corrected chi connectivity index (χ2v) is 7.24.